The van der Waals surface area contributed by atoms with Gasteiger partial charge in [-0.15, -0.1) is 0 Å². The van der Waals surface area contributed by atoms with Gasteiger partial charge in [0.15, 0.2) is 11.5 Å². The molecule has 6 nitrogen and oxygen atoms in total. The number of fused-ring (bicyclic) bond motifs is 1. The van der Waals surface area contributed by atoms with E-state index in [1.54, 1.807) is 0 Å². The van der Waals surface area contributed by atoms with Gasteiger partial charge in [0.05, 0.1) is 5.39 Å². The van der Waals surface area contributed by atoms with Crippen LogP contribution in [0.3, 0.4) is 0 Å². The Morgan fingerprint density at radius 3 is 2.27 bits per heavy atom. The van der Waals surface area contributed by atoms with Crippen molar-refractivity contribution >= 4 is 11.0 Å². The number of aromatic hydroxyl groups is 4. The summed E-state index contributed by atoms with van der Waals surface area (Å²) in [6, 6.07) is 1.90. The second-order valence-electron chi connectivity index (χ2n) is 2.92. The standard InChI is InChI=1S/C9H6O6/c10-4-2-6-3(7(12)8(4)13)1-5(11)9(14)15-6/h1-2,10-13H. The Bertz CT molecular complexity index is 598. The summed E-state index contributed by atoms with van der Waals surface area (Å²) in [4.78, 5) is 10.9. The highest BCUT2D eigenvalue weighted by Gasteiger charge is 2.14. The molecule has 0 unspecified atom stereocenters. The monoisotopic (exact) mass is 210 g/mol. The number of hydrogen-bond acceptors (Lipinski definition) is 6. The Labute approximate surface area is 82.3 Å². The third-order valence-electron chi connectivity index (χ3n) is 1.95. The Balaban J connectivity index is 2.99. The topological polar surface area (TPSA) is 111 Å². The average molecular weight is 210 g/mol. The summed E-state index contributed by atoms with van der Waals surface area (Å²) in [6.45, 7) is 0. The number of phenols is 3. The minimum absolute atomic E-state index is 0.0672. The van der Waals surface area contributed by atoms with Crippen LogP contribution in [-0.4, -0.2) is 20.4 Å². The molecule has 0 spiro atoms. The van der Waals surface area contributed by atoms with E-state index in [9.17, 15) is 9.90 Å². The van der Waals surface area contributed by atoms with Gasteiger partial charge in [0.2, 0.25) is 11.5 Å². The Hall–Kier alpha value is -2.37. The van der Waals surface area contributed by atoms with Crippen molar-refractivity contribution < 1.29 is 24.8 Å². The summed E-state index contributed by atoms with van der Waals surface area (Å²) in [5.41, 5.74) is -1.13. The first-order valence-electron chi connectivity index (χ1n) is 3.91. The molecule has 0 aliphatic rings. The molecule has 15 heavy (non-hydrogen) atoms. The second-order valence-corrected chi connectivity index (χ2v) is 2.92. The zero-order valence-electron chi connectivity index (χ0n) is 7.26. The molecule has 0 saturated carbocycles. The third-order valence-corrected chi connectivity index (χ3v) is 1.95. The van der Waals surface area contributed by atoms with E-state index in [1.165, 1.54) is 0 Å². The van der Waals surface area contributed by atoms with E-state index in [0.29, 0.717) is 0 Å². The van der Waals surface area contributed by atoms with Gasteiger partial charge in [0.1, 0.15) is 5.58 Å². The fourth-order valence-electron chi connectivity index (χ4n) is 1.21. The number of rotatable bonds is 0. The molecule has 0 aliphatic carbocycles. The molecule has 0 amide bonds. The van der Waals surface area contributed by atoms with Crippen molar-refractivity contribution in [3.63, 3.8) is 0 Å². The van der Waals surface area contributed by atoms with Gasteiger partial charge in [0, 0.05) is 12.1 Å². The lowest BCUT2D eigenvalue weighted by Gasteiger charge is -2.04. The third kappa shape index (κ3) is 1.23. The molecule has 1 aromatic heterocycles. The van der Waals surface area contributed by atoms with Gasteiger partial charge in [-0.3, -0.25) is 0 Å². The van der Waals surface area contributed by atoms with E-state index in [0.717, 1.165) is 12.1 Å². The quantitative estimate of drug-likeness (QED) is 0.374. The van der Waals surface area contributed by atoms with E-state index in [-0.39, 0.29) is 11.0 Å². The Kier molecular flexibility index (Phi) is 1.72. The minimum atomic E-state index is -0.994. The molecule has 4 N–H and O–H groups in total. The average Bonchev–Trinajstić information content (AvgIpc) is 2.19. The maximum atomic E-state index is 10.9. The smallest absolute Gasteiger partial charge is 0.378 e. The first-order valence-corrected chi connectivity index (χ1v) is 3.91. The summed E-state index contributed by atoms with van der Waals surface area (Å²) in [7, 11) is 0. The molecule has 2 aromatic rings. The summed E-state index contributed by atoms with van der Waals surface area (Å²) in [5.74, 6) is -2.71. The maximum absolute atomic E-state index is 10.9. The van der Waals surface area contributed by atoms with Crippen LogP contribution in [0, 0.1) is 0 Å². The summed E-state index contributed by atoms with van der Waals surface area (Å²) < 4.78 is 4.57. The van der Waals surface area contributed by atoms with Crippen LogP contribution in [0.2, 0.25) is 0 Å². The van der Waals surface area contributed by atoms with Crippen LogP contribution in [0.25, 0.3) is 11.0 Å². The van der Waals surface area contributed by atoms with Crippen LogP contribution in [0.1, 0.15) is 0 Å². The van der Waals surface area contributed by atoms with E-state index in [2.05, 4.69) is 4.42 Å². The van der Waals surface area contributed by atoms with Crippen LogP contribution in [0.4, 0.5) is 0 Å². The van der Waals surface area contributed by atoms with Gasteiger partial charge in [-0.2, -0.15) is 0 Å². The molecule has 0 bridgehead atoms. The molecule has 0 aliphatic heterocycles. The predicted molar refractivity (Wildman–Crippen MR) is 49.1 cm³/mol. The Morgan fingerprint density at radius 2 is 1.60 bits per heavy atom. The molecule has 0 atom stereocenters. The first-order chi connectivity index (χ1) is 7.00. The molecule has 1 aromatic carbocycles. The highest BCUT2D eigenvalue weighted by Crippen LogP contribution is 2.41. The van der Waals surface area contributed by atoms with Crippen molar-refractivity contribution in [3.8, 4) is 23.0 Å². The fourth-order valence-corrected chi connectivity index (χ4v) is 1.21. The molecular weight excluding hydrogens is 204 g/mol. The first kappa shape index (κ1) is 9.20. The largest absolute Gasteiger partial charge is 0.504 e. The zero-order chi connectivity index (χ0) is 11.2. The van der Waals surface area contributed by atoms with E-state index in [4.69, 9.17) is 15.3 Å². The summed E-state index contributed by atoms with van der Waals surface area (Å²) in [5, 5.41) is 36.6. The van der Waals surface area contributed by atoms with Gasteiger partial charge in [-0.05, 0) is 0 Å². The van der Waals surface area contributed by atoms with Gasteiger partial charge in [-0.25, -0.2) is 4.79 Å². The number of phenolic OH excluding ortho intramolecular Hbond substituents is 3. The lowest BCUT2D eigenvalue weighted by molar-refractivity contribution is 0.368. The minimum Gasteiger partial charge on any atom is -0.504 e. The van der Waals surface area contributed by atoms with Crippen molar-refractivity contribution in [1.82, 2.24) is 0 Å². The highest BCUT2D eigenvalue weighted by molar-refractivity contribution is 5.88. The van der Waals surface area contributed by atoms with Crippen molar-refractivity contribution in [1.29, 1.82) is 0 Å². The van der Waals surface area contributed by atoms with Gasteiger partial charge in [0.25, 0.3) is 0 Å². The molecule has 78 valence electrons. The predicted octanol–water partition coefficient (Wildman–Crippen LogP) is 0.615. The lowest BCUT2D eigenvalue weighted by atomic mass is 10.2. The summed E-state index contributed by atoms with van der Waals surface area (Å²) in [6.07, 6.45) is 0. The Morgan fingerprint density at radius 1 is 0.933 bits per heavy atom. The van der Waals surface area contributed by atoms with Gasteiger partial charge < -0.3 is 24.8 Å². The summed E-state index contributed by atoms with van der Waals surface area (Å²) >= 11 is 0. The van der Waals surface area contributed by atoms with E-state index < -0.39 is 28.6 Å². The second kappa shape index (κ2) is 2.81. The fraction of sp³-hybridized carbons (Fsp3) is 0. The van der Waals surface area contributed by atoms with Crippen LogP contribution in [0.15, 0.2) is 21.3 Å². The van der Waals surface area contributed by atoms with E-state index in [1.807, 2.05) is 0 Å². The normalized spacial score (nSPS) is 10.7. The van der Waals surface area contributed by atoms with Gasteiger partial charge in [-0.1, -0.05) is 0 Å². The van der Waals surface area contributed by atoms with Crippen LogP contribution in [-0.2, 0) is 0 Å². The molecule has 1 heterocycles. The highest BCUT2D eigenvalue weighted by atomic mass is 16.4. The number of hydrogen-bond donors (Lipinski definition) is 4. The molecule has 2 rings (SSSR count). The van der Waals surface area contributed by atoms with Crippen molar-refractivity contribution in [3.05, 3.63) is 22.6 Å². The lowest BCUT2D eigenvalue weighted by Crippen LogP contribution is -1.96. The van der Waals surface area contributed by atoms with Crippen molar-refractivity contribution in [2.45, 2.75) is 0 Å². The van der Waals surface area contributed by atoms with Crippen LogP contribution < -0.4 is 5.63 Å². The SMILES string of the molecule is O=c1oc2cc(O)c(O)c(O)c2cc1O. The van der Waals surface area contributed by atoms with Gasteiger partial charge >= 0.3 is 5.63 Å². The van der Waals surface area contributed by atoms with Crippen LogP contribution >= 0.6 is 0 Å². The molecule has 0 radical (unpaired) electrons. The maximum Gasteiger partial charge on any atom is 0.378 e. The number of benzene rings is 1. The molecular formula is C9H6O6. The van der Waals surface area contributed by atoms with Crippen molar-refractivity contribution in [2.75, 3.05) is 0 Å². The van der Waals surface area contributed by atoms with Crippen LogP contribution in [0.5, 0.6) is 23.0 Å². The van der Waals surface area contributed by atoms with E-state index >= 15 is 0 Å². The molecule has 0 saturated heterocycles. The molecule has 6 heteroatoms. The van der Waals surface area contributed by atoms with Crippen molar-refractivity contribution in [2.24, 2.45) is 0 Å². The zero-order valence-corrected chi connectivity index (χ0v) is 7.26. The molecule has 0 fully saturated rings.